The second kappa shape index (κ2) is 10.6. The average molecular weight is 637 g/mol. The number of phenolic OH excluding ortho intramolecular Hbond substituents is 1. The number of carbonyl (C=O) groups excluding carboxylic acids is 3. The van der Waals surface area contributed by atoms with Crippen LogP contribution in [0.3, 0.4) is 0 Å². The molecular formula is C29H31F3N4O7S. The van der Waals surface area contributed by atoms with Crippen molar-refractivity contribution in [1.29, 1.82) is 0 Å². The summed E-state index contributed by atoms with van der Waals surface area (Å²) >= 11 is 0.829. The van der Waals surface area contributed by atoms with E-state index in [2.05, 4.69) is 4.98 Å². The lowest BCUT2D eigenvalue weighted by Gasteiger charge is -2.50. The number of benzene rings is 1. The predicted octanol–water partition coefficient (Wildman–Crippen LogP) is 2.29. The second-order valence-electron chi connectivity index (χ2n) is 11.7. The van der Waals surface area contributed by atoms with Crippen LogP contribution in [-0.2, 0) is 39.8 Å². The van der Waals surface area contributed by atoms with Crippen molar-refractivity contribution in [3.63, 3.8) is 0 Å². The van der Waals surface area contributed by atoms with Crippen molar-refractivity contribution in [1.82, 2.24) is 9.88 Å². The molecule has 2 aromatic rings. The van der Waals surface area contributed by atoms with Gasteiger partial charge in [0.15, 0.2) is 17.1 Å². The van der Waals surface area contributed by atoms with Crippen molar-refractivity contribution in [2.24, 2.45) is 17.6 Å². The molecule has 3 aliphatic rings. The van der Waals surface area contributed by atoms with E-state index in [1.54, 1.807) is 25.1 Å². The number of rotatable bonds is 6. The van der Waals surface area contributed by atoms with Gasteiger partial charge in [0.25, 0.3) is 5.91 Å². The highest BCUT2D eigenvalue weighted by Crippen LogP contribution is 2.54. The molecule has 15 heteroatoms. The third kappa shape index (κ3) is 4.64. The number of ketones is 2. The number of likely N-dealkylation sites (N-methyl/N-ethyl adjacent to an activating group) is 1. The Morgan fingerprint density at radius 2 is 1.82 bits per heavy atom. The first kappa shape index (κ1) is 31.5. The summed E-state index contributed by atoms with van der Waals surface area (Å²) in [6.07, 6.45) is -4.43. The Hall–Kier alpha value is -3.95. The molecule has 1 heterocycles. The van der Waals surface area contributed by atoms with Gasteiger partial charge in [-0.2, -0.15) is 13.2 Å². The fraction of sp³-hybridized carbons (Fsp3) is 0.448. The van der Waals surface area contributed by atoms with E-state index in [0.717, 1.165) is 16.7 Å². The highest BCUT2D eigenvalue weighted by atomic mass is 32.1. The molecule has 1 aromatic heterocycles. The normalized spacial score (nSPS) is 25.2. The number of amides is 1. The smallest absolute Gasteiger partial charge is 0.434 e. The zero-order valence-corrected chi connectivity index (χ0v) is 25.0. The molecule has 0 aliphatic heterocycles. The predicted molar refractivity (Wildman–Crippen MR) is 153 cm³/mol. The molecule has 0 saturated heterocycles. The van der Waals surface area contributed by atoms with Gasteiger partial charge in [0, 0.05) is 43.1 Å². The number of Topliss-reactive ketones (excluding diaryl/α,β-unsaturated/α-hetero) is 2. The van der Waals surface area contributed by atoms with Crippen LogP contribution in [-0.4, -0.2) is 87.6 Å². The van der Waals surface area contributed by atoms with Crippen molar-refractivity contribution in [2.75, 3.05) is 33.1 Å². The number of fused-ring (bicyclic) bond motifs is 3. The van der Waals surface area contributed by atoms with Gasteiger partial charge in [-0.05, 0) is 56.5 Å². The number of alkyl halides is 3. The van der Waals surface area contributed by atoms with Gasteiger partial charge in [0.05, 0.1) is 16.6 Å². The Balaban J connectivity index is 1.63. The van der Waals surface area contributed by atoms with E-state index >= 15 is 0 Å². The van der Waals surface area contributed by atoms with E-state index in [-0.39, 0.29) is 47.4 Å². The molecule has 0 unspecified atom stereocenters. The molecule has 0 spiro atoms. The van der Waals surface area contributed by atoms with Gasteiger partial charge in [-0.25, -0.2) is 4.98 Å². The Morgan fingerprint density at radius 3 is 2.36 bits per heavy atom. The lowest BCUT2D eigenvalue weighted by Crippen LogP contribution is -2.65. The van der Waals surface area contributed by atoms with Gasteiger partial charge in [0.2, 0.25) is 5.78 Å². The van der Waals surface area contributed by atoms with Crippen LogP contribution in [0, 0.1) is 11.8 Å². The molecule has 4 atom stereocenters. The van der Waals surface area contributed by atoms with Crippen LogP contribution in [0.15, 0.2) is 28.4 Å². The van der Waals surface area contributed by atoms with Crippen molar-refractivity contribution < 1.29 is 48.0 Å². The molecule has 1 amide bonds. The summed E-state index contributed by atoms with van der Waals surface area (Å²) in [6, 6.07) is 0.465. The van der Waals surface area contributed by atoms with Crippen LogP contribution in [0.2, 0.25) is 0 Å². The van der Waals surface area contributed by atoms with Crippen molar-refractivity contribution in [3.05, 3.63) is 55.7 Å². The minimum absolute atomic E-state index is 0.0489. The number of phenols is 1. The summed E-state index contributed by atoms with van der Waals surface area (Å²) in [5.74, 6) is -7.44. The lowest BCUT2D eigenvalue weighted by atomic mass is 9.57. The van der Waals surface area contributed by atoms with Crippen molar-refractivity contribution >= 4 is 40.3 Å². The zero-order chi connectivity index (χ0) is 32.6. The van der Waals surface area contributed by atoms with Gasteiger partial charge in [-0.15, -0.1) is 11.3 Å². The van der Waals surface area contributed by atoms with Gasteiger partial charge >= 0.3 is 6.18 Å². The number of hydrogen-bond donors (Lipinski definition) is 5. The molecule has 1 aromatic carbocycles. The van der Waals surface area contributed by atoms with Gasteiger partial charge < -0.3 is 31.1 Å². The van der Waals surface area contributed by atoms with Crippen LogP contribution in [0.25, 0.3) is 5.76 Å². The van der Waals surface area contributed by atoms with Crippen LogP contribution in [0.1, 0.15) is 33.8 Å². The highest BCUT2D eigenvalue weighted by Gasteiger charge is 2.64. The number of aliphatic hydroxyl groups is 3. The number of nitrogens with zero attached hydrogens (tertiary/aromatic N) is 3. The number of hydrogen-bond acceptors (Lipinski definition) is 11. The summed E-state index contributed by atoms with van der Waals surface area (Å²) in [7, 11) is 6.49. The third-order valence-corrected chi connectivity index (χ3v) is 9.62. The number of primary amides is 1. The van der Waals surface area contributed by atoms with Crippen LogP contribution in [0.5, 0.6) is 5.75 Å². The van der Waals surface area contributed by atoms with Gasteiger partial charge in [-0.1, -0.05) is 0 Å². The third-order valence-electron chi connectivity index (χ3n) is 8.71. The number of nitrogens with two attached hydrogens (primary N) is 1. The van der Waals surface area contributed by atoms with Crippen molar-refractivity contribution in [3.8, 4) is 5.75 Å². The number of aryl methyl sites for hydroxylation is 2. The molecule has 236 valence electrons. The molecule has 6 N–H and O–H groups in total. The number of aromatic nitrogens is 1. The summed E-state index contributed by atoms with van der Waals surface area (Å²) in [6.45, 7) is 0. The fourth-order valence-corrected chi connectivity index (χ4v) is 7.54. The summed E-state index contributed by atoms with van der Waals surface area (Å²) in [5.41, 5.74) is 1.64. The number of anilines is 1. The summed E-state index contributed by atoms with van der Waals surface area (Å²) in [5, 5.41) is 46.8. The maximum atomic E-state index is 14.1. The summed E-state index contributed by atoms with van der Waals surface area (Å²) in [4.78, 5) is 46.2. The number of carbonyl (C=O) groups is 3. The molecule has 11 nitrogen and oxygen atoms in total. The minimum Gasteiger partial charge on any atom is -0.508 e. The van der Waals surface area contributed by atoms with Crippen LogP contribution < -0.4 is 10.6 Å². The summed E-state index contributed by atoms with van der Waals surface area (Å²) < 4.78 is 39.1. The second-order valence-corrected chi connectivity index (χ2v) is 12.7. The quantitative estimate of drug-likeness (QED) is 0.296. The maximum Gasteiger partial charge on any atom is 0.434 e. The molecule has 3 aliphatic carbocycles. The van der Waals surface area contributed by atoms with E-state index in [1.165, 1.54) is 19.0 Å². The Labute approximate surface area is 253 Å². The standard InChI is InChI=1S/C29H31F3N4O7S/c1-35(2)15-9-11(5-6-17-34-16(10-44-17)29(30,31)32)22(37)19-13(15)7-12-8-14-21(36(3)4)24(39)20(27(33)42)26(41)28(14,43)25(40)18(12)23(19)38/h9-10,12,14,21,37-38,41,43H,5-8H2,1-4H3,(H2,33,42)/t12-,14-,21-,28-/m0/s1. The molecular weight excluding hydrogens is 605 g/mol. The first-order valence-electron chi connectivity index (χ1n) is 13.6. The number of aliphatic hydroxyl groups excluding tert-OH is 2. The van der Waals surface area contributed by atoms with E-state index in [4.69, 9.17) is 5.73 Å². The number of thiazole rings is 1. The Bertz CT molecular complexity index is 1660. The monoisotopic (exact) mass is 636 g/mol. The van der Waals surface area contributed by atoms with Gasteiger partial charge in [0.1, 0.15) is 22.8 Å². The fourth-order valence-electron chi connectivity index (χ4n) is 6.73. The Morgan fingerprint density at radius 1 is 1.16 bits per heavy atom. The molecule has 1 saturated carbocycles. The molecule has 5 rings (SSSR count). The first-order chi connectivity index (χ1) is 20.4. The van der Waals surface area contributed by atoms with E-state index in [1.807, 2.05) is 0 Å². The zero-order valence-electron chi connectivity index (χ0n) is 24.2. The van der Waals surface area contributed by atoms with Crippen LogP contribution in [0.4, 0.5) is 18.9 Å². The topological polar surface area (TPSA) is 178 Å². The number of halogens is 3. The highest BCUT2D eigenvalue weighted by molar-refractivity contribution is 7.09. The number of aromatic hydroxyl groups is 1. The molecule has 0 bridgehead atoms. The van der Waals surface area contributed by atoms with Gasteiger partial charge in [-0.3, -0.25) is 19.3 Å². The maximum absolute atomic E-state index is 14.1. The minimum atomic E-state index is -4.59. The average Bonchev–Trinajstić information content (AvgIpc) is 3.39. The molecule has 44 heavy (non-hydrogen) atoms. The Kier molecular flexibility index (Phi) is 7.58. The van der Waals surface area contributed by atoms with E-state index < -0.39 is 75.7 Å². The van der Waals surface area contributed by atoms with E-state index in [0.29, 0.717) is 11.3 Å². The van der Waals surface area contributed by atoms with Crippen molar-refractivity contribution in [2.45, 2.75) is 43.5 Å². The lowest BCUT2D eigenvalue weighted by molar-refractivity contribution is -0.153. The first-order valence-corrected chi connectivity index (χ1v) is 14.5. The molecule has 0 radical (unpaired) electrons. The molecule has 1 fully saturated rings. The van der Waals surface area contributed by atoms with E-state index in [9.17, 15) is 48.0 Å². The SMILES string of the molecule is CN(C)c1cc(CCc2nc(C(F)(F)F)cs2)c(O)c2c1C[C@H]1C[C@H]3[C@H](N(C)C)C(=O)C(C(N)=O)=C(O)[C@@]3(O)C(=O)C1=C2O. The van der Waals surface area contributed by atoms with Crippen LogP contribution >= 0.6 is 11.3 Å². The largest absolute Gasteiger partial charge is 0.508 e.